The summed E-state index contributed by atoms with van der Waals surface area (Å²) in [5.74, 6) is -1.15. The lowest BCUT2D eigenvalue weighted by Crippen LogP contribution is -2.28. The maximum atomic E-state index is 12.6. The van der Waals surface area contributed by atoms with E-state index in [4.69, 9.17) is 10.9 Å². The van der Waals surface area contributed by atoms with Crippen LogP contribution in [0.2, 0.25) is 0 Å². The van der Waals surface area contributed by atoms with E-state index in [1.54, 1.807) is 0 Å². The maximum absolute atomic E-state index is 12.6. The van der Waals surface area contributed by atoms with Crippen LogP contribution in [0.1, 0.15) is 22.3 Å². The summed E-state index contributed by atoms with van der Waals surface area (Å²) in [6.45, 7) is -0.0506. The van der Waals surface area contributed by atoms with Crippen LogP contribution in [0.5, 0.6) is 0 Å². The number of anilines is 1. The Labute approximate surface area is 119 Å². The lowest BCUT2D eigenvalue weighted by molar-refractivity contribution is -0.136. The van der Waals surface area contributed by atoms with E-state index < -0.39 is 33.4 Å². The number of carbonyl (C=O) groups is 1. The molecule has 0 heterocycles. The molecule has 0 spiro atoms. The number of nitrogen functional groups attached to an aromatic ring is 1. The summed E-state index contributed by atoms with van der Waals surface area (Å²) in [5, 5.41) is 7.05. The Bertz CT molecular complexity index is 629. The summed E-state index contributed by atoms with van der Waals surface area (Å²) in [6.07, 6.45) is -4.61. The van der Waals surface area contributed by atoms with Gasteiger partial charge in [0.05, 0.1) is 22.6 Å². The molecule has 0 aliphatic rings. The quantitative estimate of drug-likeness (QED) is 0.546. The van der Waals surface area contributed by atoms with Crippen LogP contribution < -0.4 is 16.2 Å². The molecule has 10 heteroatoms. The van der Waals surface area contributed by atoms with Gasteiger partial charge in [-0.3, -0.25) is 4.79 Å². The Hall–Kier alpha value is -1.81. The van der Waals surface area contributed by atoms with Crippen molar-refractivity contribution >= 4 is 21.6 Å². The van der Waals surface area contributed by atoms with Gasteiger partial charge in [-0.25, -0.2) is 13.6 Å². The van der Waals surface area contributed by atoms with E-state index in [2.05, 4.69) is 5.32 Å². The van der Waals surface area contributed by atoms with Crippen molar-refractivity contribution in [2.75, 3.05) is 18.0 Å². The van der Waals surface area contributed by atoms with Crippen LogP contribution >= 0.6 is 0 Å². The molecule has 0 saturated carbocycles. The van der Waals surface area contributed by atoms with Gasteiger partial charge in [-0.1, -0.05) is 6.07 Å². The molecule has 1 aromatic rings. The van der Waals surface area contributed by atoms with E-state index >= 15 is 0 Å². The third kappa shape index (κ3) is 5.23. The molecular formula is C11H14F3N3O3S. The highest BCUT2D eigenvalue weighted by Gasteiger charge is 2.34. The van der Waals surface area contributed by atoms with Crippen molar-refractivity contribution in [2.45, 2.75) is 12.6 Å². The molecule has 0 aliphatic heterocycles. The Kier molecular flexibility index (Phi) is 5.18. The number of halogens is 3. The molecule has 118 valence electrons. The highest BCUT2D eigenvalue weighted by Crippen LogP contribution is 2.34. The number of hydrogen-bond donors (Lipinski definition) is 3. The molecule has 6 nitrogen and oxygen atoms in total. The van der Waals surface area contributed by atoms with Gasteiger partial charge in [0.15, 0.2) is 0 Å². The first-order chi connectivity index (χ1) is 9.52. The largest absolute Gasteiger partial charge is 0.418 e. The molecule has 0 aliphatic carbocycles. The first-order valence-corrected chi connectivity index (χ1v) is 7.48. The van der Waals surface area contributed by atoms with Gasteiger partial charge in [0.2, 0.25) is 10.0 Å². The minimum Gasteiger partial charge on any atom is -0.398 e. The molecule has 0 unspecified atom stereocenters. The van der Waals surface area contributed by atoms with E-state index in [9.17, 15) is 26.4 Å². The zero-order valence-electron chi connectivity index (χ0n) is 10.8. The molecule has 0 atom stereocenters. The number of hydrogen-bond acceptors (Lipinski definition) is 4. The predicted octanol–water partition coefficient (Wildman–Crippen LogP) is 0.696. The molecule has 1 rings (SSSR count). The van der Waals surface area contributed by atoms with Crippen LogP contribution in [0.15, 0.2) is 18.2 Å². The number of amides is 1. The van der Waals surface area contributed by atoms with Gasteiger partial charge in [0.1, 0.15) is 0 Å². The van der Waals surface area contributed by atoms with Gasteiger partial charge in [0.25, 0.3) is 5.91 Å². The van der Waals surface area contributed by atoms with Gasteiger partial charge < -0.3 is 11.1 Å². The van der Waals surface area contributed by atoms with E-state index in [0.717, 1.165) is 18.2 Å². The number of para-hydroxylation sites is 1. The van der Waals surface area contributed by atoms with Crippen molar-refractivity contribution in [1.82, 2.24) is 5.32 Å². The van der Waals surface area contributed by atoms with Crippen LogP contribution in [-0.4, -0.2) is 26.6 Å². The minimum atomic E-state index is -4.66. The number of nitrogens with two attached hydrogens (primary N) is 2. The highest BCUT2D eigenvalue weighted by atomic mass is 32.2. The number of carbonyl (C=O) groups excluding carboxylic acids is 1. The van der Waals surface area contributed by atoms with Gasteiger partial charge in [-0.2, -0.15) is 13.2 Å². The lowest BCUT2D eigenvalue weighted by atomic mass is 10.1. The molecule has 0 aromatic heterocycles. The fraction of sp³-hybridized carbons (Fsp3) is 0.364. The number of alkyl halides is 3. The van der Waals surface area contributed by atoms with E-state index in [1.807, 2.05) is 0 Å². The normalized spacial score (nSPS) is 12.2. The Morgan fingerprint density at radius 2 is 1.90 bits per heavy atom. The van der Waals surface area contributed by atoms with Gasteiger partial charge in [0, 0.05) is 6.54 Å². The summed E-state index contributed by atoms with van der Waals surface area (Å²) >= 11 is 0. The zero-order chi connectivity index (χ0) is 16.3. The third-order valence-electron chi connectivity index (χ3n) is 2.55. The zero-order valence-corrected chi connectivity index (χ0v) is 11.6. The molecular weight excluding hydrogens is 311 g/mol. The monoisotopic (exact) mass is 325 g/mol. The molecule has 0 fully saturated rings. The van der Waals surface area contributed by atoms with Crippen LogP contribution in [0.25, 0.3) is 0 Å². The summed E-state index contributed by atoms with van der Waals surface area (Å²) in [4.78, 5) is 11.7. The molecule has 5 N–H and O–H groups in total. The van der Waals surface area contributed by atoms with E-state index in [-0.39, 0.29) is 24.3 Å². The average molecular weight is 325 g/mol. The van der Waals surface area contributed by atoms with Gasteiger partial charge in [-0.05, 0) is 18.6 Å². The van der Waals surface area contributed by atoms with Crippen molar-refractivity contribution in [3.8, 4) is 0 Å². The summed E-state index contributed by atoms with van der Waals surface area (Å²) in [6, 6.07) is 2.99. The van der Waals surface area contributed by atoms with Gasteiger partial charge >= 0.3 is 6.18 Å². The van der Waals surface area contributed by atoms with Gasteiger partial charge in [-0.15, -0.1) is 0 Å². The molecule has 0 saturated heterocycles. The van der Waals surface area contributed by atoms with Crippen molar-refractivity contribution in [3.63, 3.8) is 0 Å². The topological polar surface area (TPSA) is 115 Å². The second-order valence-corrected chi connectivity index (χ2v) is 5.97. The Balaban J connectivity index is 2.76. The van der Waals surface area contributed by atoms with Crippen molar-refractivity contribution in [2.24, 2.45) is 5.14 Å². The maximum Gasteiger partial charge on any atom is 0.418 e. The fourth-order valence-electron chi connectivity index (χ4n) is 1.58. The first kappa shape index (κ1) is 17.2. The van der Waals surface area contributed by atoms with Crippen molar-refractivity contribution in [3.05, 3.63) is 29.3 Å². The molecule has 0 bridgehead atoms. The second kappa shape index (κ2) is 6.31. The SMILES string of the molecule is Nc1c(C(=O)NCCCS(N)(=O)=O)cccc1C(F)(F)F. The predicted molar refractivity (Wildman–Crippen MR) is 70.8 cm³/mol. The number of sulfonamides is 1. The highest BCUT2D eigenvalue weighted by molar-refractivity contribution is 7.89. The number of rotatable bonds is 5. The van der Waals surface area contributed by atoms with Crippen LogP contribution in [0, 0.1) is 0 Å². The standard InChI is InChI=1S/C11H14F3N3O3S/c12-11(13,14)8-4-1-3-7(9(8)15)10(18)17-5-2-6-21(16,19)20/h1,3-4H,2,5-6,15H2,(H,17,18)(H2,16,19,20). The first-order valence-electron chi connectivity index (χ1n) is 5.77. The van der Waals surface area contributed by atoms with Crippen LogP contribution in [-0.2, 0) is 16.2 Å². The lowest BCUT2D eigenvalue weighted by Gasteiger charge is -2.13. The molecule has 0 radical (unpaired) electrons. The van der Waals surface area contributed by atoms with E-state index in [1.165, 1.54) is 0 Å². The summed E-state index contributed by atoms with van der Waals surface area (Å²) < 4.78 is 59.3. The fourth-order valence-corrected chi connectivity index (χ4v) is 2.13. The van der Waals surface area contributed by atoms with E-state index in [0.29, 0.717) is 0 Å². The minimum absolute atomic E-state index is 0.0451. The van der Waals surface area contributed by atoms with Crippen LogP contribution in [0.4, 0.5) is 18.9 Å². The molecule has 1 amide bonds. The second-order valence-electron chi connectivity index (χ2n) is 4.24. The Morgan fingerprint density at radius 3 is 2.43 bits per heavy atom. The summed E-state index contributed by atoms with van der Waals surface area (Å²) in [5.41, 5.74) is 3.26. The van der Waals surface area contributed by atoms with Crippen molar-refractivity contribution < 1.29 is 26.4 Å². The van der Waals surface area contributed by atoms with Crippen molar-refractivity contribution in [1.29, 1.82) is 0 Å². The third-order valence-corrected chi connectivity index (χ3v) is 3.41. The molecule has 1 aromatic carbocycles. The summed E-state index contributed by atoms with van der Waals surface area (Å²) in [7, 11) is -3.65. The smallest absolute Gasteiger partial charge is 0.398 e. The average Bonchev–Trinajstić information content (AvgIpc) is 2.32. The number of primary sulfonamides is 1. The molecule has 21 heavy (non-hydrogen) atoms. The number of benzene rings is 1. The van der Waals surface area contributed by atoms with Crippen LogP contribution in [0.3, 0.4) is 0 Å². The number of nitrogens with one attached hydrogen (secondary N) is 1. The Morgan fingerprint density at radius 1 is 1.29 bits per heavy atom.